The molecule has 1 aromatic rings. The fourth-order valence-corrected chi connectivity index (χ4v) is 1.86. The second-order valence-corrected chi connectivity index (χ2v) is 6.73. The Labute approximate surface area is 117 Å². The minimum absolute atomic E-state index is 0.0399. The summed E-state index contributed by atoms with van der Waals surface area (Å²) < 4.78 is 5.45. The van der Waals surface area contributed by atoms with Crippen LogP contribution in [0.4, 0.5) is 0 Å². The van der Waals surface area contributed by atoms with E-state index in [9.17, 15) is 0 Å². The van der Waals surface area contributed by atoms with Gasteiger partial charge in [-0.1, -0.05) is 32.9 Å². The highest BCUT2D eigenvalue weighted by molar-refractivity contribution is 5.41. The van der Waals surface area contributed by atoms with Gasteiger partial charge < -0.3 is 15.8 Å². The molecule has 0 atom stereocenters. The topological polar surface area (TPSA) is 47.3 Å². The van der Waals surface area contributed by atoms with Crippen LogP contribution in [0.25, 0.3) is 0 Å². The van der Waals surface area contributed by atoms with Crippen molar-refractivity contribution in [2.24, 2.45) is 5.73 Å². The van der Waals surface area contributed by atoms with E-state index in [0.29, 0.717) is 6.54 Å². The Morgan fingerprint density at radius 1 is 1.16 bits per heavy atom. The first-order valence-corrected chi connectivity index (χ1v) is 6.82. The summed E-state index contributed by atoms with van der Waals surface area (Å²) in [6.45, 7) is 12.3. The predicted molar refractivity (Wildman–Crippen MR) is 81.7 cm³/mol. The normalized spacial score (nSPS) is 12.6. The molecule has 0 saturated heterocycles. The van der Waals surface area contributed by atoms with Crippen LogP contribution in [0.2, 0.25) is 0 Å². The molecule has 3 nitrogen and oxygen atoms in total. The average Bonchev–Trinajstić information content (AvgIpc) is 2.35. The number of nitrogens with two attached hydrogens (primary N) is 1. The molecule has 0 saturated carbocycles. The van der Waals surface area contributed by atoms with Gasteiger partial charge in [0.2, 0.25) is 0 Å². The molecule has 1 aromatic carbocycles. The van der Waals surface area contributed by atoms with Crippen LogP contribution in [-0.4, -0.2) is 19.2 Å². The van der Waals surface area contributed by atoms with Gasteiger partial charge in [0, 0.05) is 18.6 Å². The lowest BCUT2D eigenvalue weighted by Gasteiger charge is -2.26. The number of benzene rings is 1. The third kappa shape index (κ3) is 4.51. The first-order chi connectivity index (χ1) is 8.69. The van der Waals surface area contributed by atoms with Crippen molar-refractivity contribution in [3.63, 3.8) is 0 Å². The average molecular weight is 264 g/mol. The van der Waals surface area contributed by atoms with Crippen LogP contribution in [0.15, 0.2) is 18.2 Å². The van der Waals surface area contributed by atoms with Crippen molar-refractivity contribution in [1.29, 1.82) is 0 Å². The minimum atomic E-state index is -0.0399. The van der Waals surface area contributed by atoms with Gasteiger partial charge in [0.05, 0.1) is 7.11 Å². The second-order valence-electron chi connectivity index (χ2n) is 6.73. The zero-order valence-corrected chi connectivity index (χ0v) is 13.1. The van der Waals surface area contributed by atoms with Crippen LogP contribution in [0.3, 0.4) is 0 Å². The van der Waals surface area contributed by atoms with Crippen LogP contribution in [0, 0.1) is 0 Å². The first kappa shape index (κ1) is 16.0. The Hall–Kier alpha value is -1.06. The van der Waals surface area contributed by atoms with Gasteiger partial charge in [-0.25, -0.2) is 0 Å². The standard InChI is InChI=1S/C16H28N2O/c1-15(2,3)13-9-12(7-8-14(13)19-6)10-18-16(4,5)11-17/h7-9,18H,10-11,17H2,1-6H3. The SMILES string of the molecule is COc1ccc(CNC(C)(C)CN)cc1C(C)(C)C. The van der Waals surface area contributed by atoms with Gasteiger partial charge in [0.25, 0.3) is 0 Å². The zero-order chi connectivity index (χ0) is 14.7. The number of ether oxygens (including phenoxy) is 1. The highest BCUT2D eigenvalue weighted by Gasteiger charge is 2.20. The van der Waals surface area contributed by atoms with Crippen molar-refractivity contribution in [3.8, 4) is 5.75 Å². The van der Waals surface area contributed by atoms with Crippen molar-refractivity contribution in [2.45, 2.75) is 52.1 Å². The molecule has 108 valence electrons. The Kier molecular flexibility index (Phi) is 4.99. The molecule has 3 N–H and O–H groups in total. The summed E-state index contributed by atoms with van der Waals surface area (Å²) in [5, 5.41) is 3.48. The molecular weight excluding hydrogens is 236 g/mol. The second kappa shape index (κ2) is 5.93. The Bertz CT molecular complexity index is 419. The van der Waals surface area contributed by atoms with Crippen molar-refractivity contribution in [1.82, 2.24) is 5.32 Å². The third-order valence-corrected chi connectivity index (χ3v) is 3.35. The fraction of sp³-hybridized carbons (Fsp3) is 0.625. The van der Waals surface area contributed by atoms with E-state index in [2.05, 4.69) is 52.1 Å². The summed E-state index contributed by atoms with van der Waals surface area (Å²) in [7, 11) is 1.72. The molecule has 0 aliphatic carbocycles. The third-order valence-electron chi connectivity index (χ3n) is 3.35. The molecule has 0 aromatic heterocycles. The van der Waals surface area contributed by atoms with Crippen LogP contribution in [0.1, 0.15) is 45.7 Å². The Morgan fingerprint density at radius 2 is 1.79 bits per heavy atom. The summed E-state index contributed by atoms with van der Waals surface area (Å²) >= 11 is 0. The molecule has 1 rings (SSSR count). The van der Waals surface area contributed by atoms with E-state index in [-0.39, 0.29) is 11.0 Å². The maximum atomic E-state index is 5.73. The molecule has 0 unspecified atom stereocenters. The quantitative estimate of drug-likeness (QED) is 0.859. The summed E-state index contributed by atoms with van der Waals surface area (Å²) in [4.78, 5) is 0. The van der Waals surface area contributed by atoms with Crippen molar-refractivity contribution >= 4 is 0 Å². The lowest BCUT2D eigenvalue weighted by molar-refractivity contribution is 0.391. The van der Waals surface area contributed by atoms with Gasteiger partial charge in [0.1, 0.15) is 5.75 Å². The lowest BCUT2D eigenvalue weighted by atomic mass is 9.85. The minimum Gasteiger partial charge on any atom is -0.496 e. The van der Waals surface area contributed by atoms with E-state index in [0.717, 1.165) is 12.3 Å². The smallest absolute Gasteiger partial charge is 0.122 e. The van der Waals surface area contributed by atoms with Crippen molar-refractivity contribution < 1.29 is 4.74 Å². The molecule has 0 aliphatic heterocycles. The Morgan fingerprint density at radius 3 is 2.26 bits per heavy atom. The van der Waals surface area contributed by atoms with E-state index in [1.54, 1.807) is 7.11 Å². The van der Waals surface area contributed by atoms with E-state index in [4.69, 9.17) is 10.5 Å². The van der Waals surface area contributed by atoms with Crippen molar-refractivity contribution in [3.05, 3.63) is 29.3 Å². The number of hydrogen-bond acceptors (Lipinski definition) is 3. The highest BCUT2D eigenvalue weighted by atomic mass is 16.5. The number of rotatable bonds is 5. The van der Waals surface area contributed by atoms with Gasteiger partial charge in [-0.15, -0.1) is 0 Å². The fourth-order valence-electron chi connectivity index (χ4n) is 1.86. The van der Waals surface area contributed by atoms with Crippen LogP contribution < -0.4 is 15.8 Å². The summed E-state index contributed by atoms with van der Waals surface area (Å²) in [5.74, 6) is 0.953. The van der Waals surface area contributed by atoms with Crippen LogP contribution in [0.5, 0.6) is 5.75 Å². The molecule has 0 heterocycles. The van der Waals surface area contributed by atoms with E-state index in [1.807, 2.05) is 6.07 Å². The molecule has 0 spiro atoms. The van der Waals surface area contributed by atoms with Crippen LogP contribution in [-0.2, 0) is 12.0 Å². The van der Waals surface area contributed by atoms with E-state index in [1.165, 1.54) is 11.1 Å². The molecule has 3 heteroatoms. The molecule has 0 radical (unpaired) electrons. The molecule has 0 bridgehead atoms. The predicted octanol–water partition coefficient (Wildman–Crippen LogP) is 2.82. The molecule has 19 heavy (non-hydrogen) atoms. The zero-order valence-electron chi connectivity index (χ0n) is 13.1. The first-order valence-electron chi connectivity index (χ1n) is 6.82. The number of hydrogen-bond donors (Lipinski definition) is 2. The number of methoxy groups -OCH3 is 1. The maximum Gasteiger partial charge on any atom is 0.122 e. The van der Waals surface area contributed by atoms with E-state index < -0.39 is 0 Å². The summed E-state index contributed by atoms with van der Waals surface area (Å²) in [5.41, 5.74) is 8.26. The molecule has 0 aliphatic rings. The molecule has 0 fully saturated rings. The van der Waals surface area contributed by atoms with Crippen molar-refractivity contribution in [2.75, 3.05) is 13.7 Å². The monoisotopic (exact) mass is 264 g/mol. The van der Waals surface area contributed by atoms with Gasteiger partial charge >= 0.3 is 0 Å². The van der Waals surface area contributed by atoms with Gasteiger partial charge in [-0.05, 0) is 36.5 Å². The maximum absolute atomic E-state index is 5.73. The molecular formula is C16H28N2O. The van der Waals surface area contributed by atoms with Gasteiger partial charge in [0.15, 0.2) is 0 Å². The van der Waals surface area contributed by atoms with Gasteiger partial charge in [-0.3, -0.25) is 0 Å². The Balaban J connectivity index is 2.93. The summed E-state index contributed by atoms with van der Waals surface area (Å²) in [6.07, 6.45) is 0. The molecule has 0 amide bonds. The largest absolute Gasteiger partial charge is 0.496 e. The lowest BCUT2D eigenvalue weighted by Crippen LogP contribution is -2.45. The van der Waals surface area contributed by atoms with Crippen LogP contribution >= 0.6 is 0 Å². The van der Waals surface area contributed by atoms with Gasteiger partial charge in [-0.2, -0.15) is 0 Å². The summed E-state index contributed by atoms with van der Waals surface area (Å²) in [6, 6.07) is 6.37. The van der Waals surface area contributed by atoms with E-state index >= 15 is 0 Å². The number of nitrogens with one attached hydrogen (secondary N) is 1. The highest BCUT2D eigenvalue weighted by Crippen LogP contribution is 2.32.